The molecule has 0 fully saturated rings. The zero-order valence-electron chi connectivity index (χ0n) is 19.0. The second-order valence-electron chi connectivity index (χ2n) is 7.29. The Bertz CT molecular complexity index is 999. The van der Waals surface area contributed by atoms with Gasteiger partial charge in [-0.2, -0.15) is 0 Å². The van der Waals surface area contributed by atoms with Gasteiger partial charge in [0.2, 0.25) is 0 Å². The molecule has 0 bridgehead atoms. The molecule has 15 heteroatoms. The van der Waals surface area contributed by atoms with E-state index in [2.05, 4.69) is 0 Å². The number of phenols is 1. The van der Waals surface area contributed by atoms with Gasteiger partial charge in [-0.05, 0) is 30.3 Å². The number of carboxylic acids is 4. The van der Waals surface area contributed by atoms with Crippen molar-refractivity contribution >= 4 is 58.7 Å². The summed E-state index contributed by atoms with van der Waals surface area (Å²) in [7, 11) is 0. The topological polar surface area (TPSA) is 185 Å². The van der Waals surface area contributed by atoms with Crippen LogP contribution in [-0.2, 0) is 19.2 Å². The van der Waals surface area contributed by atoms with E-state index in [4.69, 9.17) is 60.0 Å². The highest BCUT2D eigenvalue weighted by molar-refractivity contribution is 6.35. The molecule has 0 saturated carbocycles. The molecule has 5 N–H and O–H groups in total. The molecule has 12 nitrogen and oxygen atoms in total. The van der Waals surface area contributed by atoms with Crippen molar-refractivity contribution in [2.75, 3.05) is 39.3 Å². The molecule has 202 valence electrons. The minimum absolute atomic E-state index is 0.0523. The van der Waals surface area contributed by atoms with Gasteiger partial charge in [0.25, 0.3) is 0 Å². The van der Waals surface area contributed by atoms with Gasteiger partial charge in [-0.25, -0.2) is 0 Å². The molecule has 0 aromatic heterocycles. The first-order valence-corrected chi connectivity index (χ1v) is 11.3. The third kappa shape index (κ3) is 13.6. The van der Waals surface area contributed by atoms with E-state index in [1.165, 1.54) is 6.07 Å². The van der Waals surface area contributed by atoms with Crippen LogP contribution < -0.4 is 4.74 Å². The summed E-state index contributed by atoms with van der Waals surface area (Å²) >= 11 is 17.4. The Kier molecular flexibility index (Phi) is 13.5. The Morgan fingerprint density at radius 3 is 1.38 bits per heavy atom. The summed E-state index contributed by atoms with van der Waals surface area (Å²) in [6, 6.07) is 9.39. The first-order valence-electron chi connectivity index (χ1n) is 10.2. The number of aromatic hydroxyl groups is 1. The monoisotopic (exact) mass is 580 g/mol. The first kappa shape index (κ1) is 31.7. The summed E-state index contributed by atoms with van der Waals surface area (Å²) < 4.78 is 5.45. The second-order valence-corrected chi connectivity index (χ2v) is 8.57. The average molecular weight is 582 g/mol. The number of carbonyl (C=O) groups is 4. The van der Waals surface area contributed by atoms with Gasteiger partial charge in [-0.3, -0.25) is 29.0 Å². The highest BCUT2D eigenvalue weighted by Gasteiger charge is 2.18. The number of hydrogen-bond acceptors (Lipinski definition) is 8. The van der Waals surface area contributed by atoms with E-state index in [1.54, 1.807) is 30.3 Å². The van der Waals surface area contributed by atoms with Crippen LogP contribution in [0.5, 0.6) is 17.2 Å². The second kappa shape index (κ2) is 15.7. The van der Waals surface area contributed by atoms with E-state index in [1.807, 2.05) is 0 Å². The number of phenolic OH excluding ortho intramolecular Hbond substituents is 1. The SMILES string of the molecule is O=C(O)CN(CCN(CC(=O)O)CC(=O)O)CC(=O)O.Oc1cc(Cl)ccc1Oc1ccc(Cl)cc1Cl. The van der Waals surface area contributed by atoms with Crippen molar-refractivity contribution in [3.05, 3.63) is 51.5 Å². The fourth-order valence-electron chi connectivity index (χ4n) is 2.73. The molecule has 0 atom stereocenters. The summed E-state index contributed by atoms with van der Waals surface area (Å²) in [5.74, 6) is -4.28. The number of rotatable bonds is 13. The van der Waals surface area contributed by atoms with E-state index >= 15 is 0 Å². The molecule has 0 amide bonds. The highest BCUT2D eigenvalue weighted by Crippen LogP contribution is 2.36. The summed E-state index contributed by atoms with van der Waals surface area (Å²) in [6.07, 6.45) is 0. The normalized spacial score (nSPS) is 10.5. The molecule has 37 heavy (non-hydrogen) atoms. The van der Waals surface area contributed by atoms with Crippen LogP contribution in [0, 0.1) is 0 Å². The van der Waals surface area contributed by atoms with Gasteiger partial charge in [0.05, 0.1) is 31.2 Å². The number of benzene rings is 2. The average Bonchev–Trinajstić information content (AvgIpc) is 2.74. The lowest BCUT2D eigenvalue weighted by atomic mass is 10.3. The number of halogens is 3. The Morgan fingerprint density at radius 2 is 1.03 bits per heavy atom. The van der Waals surface area contributed by atoms with Crippen molar-refractivity contribution in [2.45, 2.75) is 0 Å². The maximum Gasteiger partial charge on any atom is 0.317 e. The van der Waals surface area contributed by atoms with Gasteiger partial charge in [-0.1, -0.05) is 34.8 Å². The number of nitrogens with zero attached hydrogens (tertiary/aromatic N) is 2. The zero-order chi connectivity index (χ0) is 28.1. The molecule has 0 radical (unpaired) electrons. The quantitative estimate of drug-likeness (QED) is 0.233. The lowest BCUT2D eigenvalue weighted by Crippen LogP contribution is -2.43. The molecule has 0 spiro atoms. The first-order chi connectivity index (χ1) is 17.3. The van der Waals surface area contributed by atoms with Crippen LogP contribution in [0.1, 0.15) is 0 Å². The van der Waals surface area contributed by atoms with Gasteiger partial charge < -0.3 is 30.3 Å². The van der Waals surface area contributed by atoms with Crippen molar-refractivity contribution in [1.29, 1.82) is 0 Å². The lowest BCUT2D eigenvalue weighted by molar-refractivity contribution is -0.145. The Labute approximate surface area is 225 Å². The van der Waals surface area contributed by atoms with Crippen LogP contribution in [0.15, 0.2) is 36.4 Å². The van der Waals surface area contributed by atoms with Gasteiger partial charge in [-0.15, -0.1) is 0 Å². The highest BCUT2D eigenvalue weighted by atomic mass is 35.5. The fraction of sp³-hybridized carbons (Fsp3) is 0.273. The Balaban J connectivity index is 0.000000373. The van der Waals surface area contributed by atoms with E-state index in [9.17, 15) is 24.3 Å². The number of hydrogen-bond donors (Lipinski definition) is 5. The molecular formula is C22H23Cl3N2O10. The minimum Gasteiger partial charge on any atom is -0.504 e. The molecule has 2 rings (SSSR count). The molecule has 2 aromatic rings. The van der Waals surface area contributed by atoms with Crippen LogP contribution in [0.2, 0.25) is 15.1 Å². The largest absolute Gasteiger partial charge is 0.504 e. The molecular weight excluding hydrogens is 559 g/mol. The maximum absolute atomic E-state index is 10.6. The van der Waals surface area contributed by atoms with E-state index in [-0.39, 0.29) is 24.6 Å². The van der Waals surface area contributed by atoms with Crippen molar-refractivity contribution in [3.63, 3.8) is 0 Å². The lowest BCUT2D eigenvalue weighted by Gasteiger charge is -2.23. The van der Waals surface area contributed by atoms with E-state index in [0.717, 1.165) is 9.80 Å². The molecule has 2 aromatic carbocycles. The smallest absolute Gasteiger partial charge is 0.317 e. The molecule has 0 aliphatic heterocycles. The van der Waals surface area contributed by atoms with Crippen LogP contribution in [0.4, 0.5) is 0 Å². The van der Waals surface area contributed by atoms with Crippen molar-refractivity contribution in [2.24, 2.45) is 0 Å². The van der Waals surface area contributed by atoms with Gasteiger partial charge in [0, 0.05) is 29.2 Å². The third-order valence-electron chi connectivity index (χ3n) is 4.20. The van der Waals surface area contributed by atoms with Gasteiger partial charge in [0.1, 0.15) is 5.75 Å². The molecule has 0 heterocycles. The van der Waals surface area contributed by atoms with Crippen LogP contribution >= 0.6 is 34.8 Å². The Hall–Kier alpha value is -3.29. The summed E-state index contributed by atoms with van der Waals surface area (Å²) in [4.78, 5) is 44.4. The predicted molar refractivity (Wildman–Crippen MR) is 133 cm³/mol. The zero-order valence-corrected chi connectivity index (χ0v) is 21.3. The van der Waals surface area contributed by atoms with Gasteiger partial charge >= 0.3 is 23.9 Å². The van der Waals surface area contributed by atoms with Crippen LogP contribution in [-0.4, -0.2) is 98.5 Å². The summed E-state index contributed by atoms with van der Waals surface area (Å²) in [5, 5.41) is 45.4. The fourth-order valence-corrected chi connectivity index (χ4v) is 3.34. The Morgan fingerprint density at radius 1 is 0.649 bits per heavy atom. The molecule has 0 aliphatic carbocycles. The van der Waals surface area contributed by atoms with Crippen molar-refractivity contribution in [3.8, 4) is 17.2 Å². The van der Waals surface area contributed by atoms with Crippen LogP contribution in [0.25, 0.3) is 0 Å². The van der Waals surface area contributed by atoms with E-state index in [0.29, 0.717) is 20.8 Å². The van der Waals surface area contributed by atoms with E-state index < -0.39 is 50.1 Å². The van der Waals surface area contributed by atoms with Crippen molar-refractivity contribution < 1.29 is 49.4 Å². The predicted octanol–water partition coefficient (Wildman–Crippen LogP) is 3.07. The molecule has 0 unspecified atom stereocenters. The number of ether oxygens (including phenoxy) is 1. The number of aliphatic carboxylic acids is 4. The summed E-state index contributed by atoms with van der Waals surface area (Å²) in [6.45, 7) is -2.25. The molecule has 0 aliphatic rings. The minimum atomic E-state index is -1.23. The third-order valence-corrected chi connectivity index (χ3v) is 4.97. The number of carboxylic acid groups (broad SMARTS) is 4. The molecule has 0 saturated heterocycles. The standard InChI is InChI=1S/C12H7Cl3O2.C10H16N2O8/c13-7-1-3-11(9(15)5-7)17-12-4-2-8(14)6-10(12)16;13-7(14)3-11(4-8(15)16)1-2-12(5-9(17)18)6-10(19)20/h1-6,16H;1-6H2,(H,13,14)(H,15,16)(H,17,18)(H,19,20). The summed E-state index contributed by atoms with van der Waals surface area (Å²) in [5.41, 5.74) is 0. The van der Waals surface area contributed by atoms with Gasteiger partial charge in [0.15, 0.2) is 11.5 Å². The van der Waals surface area contributed by atoms with Crippen LogP contribution in [0.3, 0.4) is 0 Å². The van der Waals surface area contributed by atoms with Crippen molar-refractivity contribution in [1.82, 2.24) is 9.80 Å². The maximum atomic E-state index is 10.6.